The van der Waals surface area contributed by atoms with Crippen LogP contribution in [0.5, 0.6) is 0 Å². The molecule has 2 aromatic rings. The first-order valence-electron chi connectivity index (χ1n) is 7.69. The third kappa shape index (κ3) is 5.99. The molecule has 0 saturated heterocycles. The summed E-state index contributed by atoms with van der Waals surface area (Å²) in [5.41, 5.74) is 1.13. The topological polar surface area (TPSA) is 58.1 Å². The molecule has 1 heterocycles. The van der Waals surface area contributed by atoms with E-state index in [1.807, 2.05) is 7.05 Å². The van der Waals surface area contributed by atoms with Crippen LogP contribution in [0.3, 0.4) is 0 Å². The van der Waals surface area contributed by atoms with Crippen LogP contribution in [-0.2, 0) is 11.3 Å². The van der Waals surface area contributed by atoms with E-state index >= 15 is 0 Å². The van der Waals surface area contributed by atoms with Crippen molar-refractivity contribution in [2.45, 2.75) is 29.1 Å². The van der Waals surface area contributed by atoms with Gasteiger partial charge < -0.3 is 10.2 Å². The van der Waals surface area contributed by atoms with Gasteiger partial charge in [0.25, 0.3) is 0 Å². The summed E-state index contributed by atoms with van der Waals surface area (Å²) in [5, 5.41) is 12.2. The van der Waals surface area contributed by atoms with Crippen molar-refractivity contribution in [1.29, 1.82) is 0 Å². The van der Waals surface area contributed by atoms with Crippen LogP contribution >= 0.6 is 34.9 Å². The van der Waals surface area contributed by atoms with Crippen molar-refractivity contribution >= 4 is 45.9 Å². The molecule has 0 aliphatic rings. The summed E-state index contributed by atoms with van der Waals surface area (Å²) >= 11 is 4.64. The maximum absolute atomic E-state index is 12.3. The minimum absolute atomic E-state index is 0.0900. The van der Waals surface area contributed by atoms with Crippen LogP contribution in [-0.4, -0.2) is 46.6 Å². The first-order chi connectivity index (χ1) is 11.6. The highest BCUT2D eigenvalue weighted by Crippen LogP contribution is 2.25. The SMILES string of the molecule is CCCNc1nnc(SCC(=O)N(C)Cc2ccc(SC)cc2)s1. The summed E-state index contributed by atoms with van der Waals surface area (Å²) in [4.78, 5) is 15.2. The van der Waals surface area contributed by atoms with Crippen LogP contribution in [0.15, 0.2) is 33.5 Å². The highest BCUT2D eigenvalue weighted by atomic mass is 32.2. The van der Waals surface area contributed by atoms with Gasteiger partial charge in [0, 0.05) is 25.0 Å². The zero-order chi connectivity index (χ0) is 17.4. The van der Waals surface area contributed by atoms with Gasteiger partial charge in [-0.2, -0.15) is 0 Å². The molecule has 0 spiro atoms. The lowest BCUT2D eigenvalue weighted by Gasteiger charge is -2.16. The Morgan fingerprint density at radius 1 is 1.29 bits per heavy atom. The van der Waals surface area contributed by atoms with E-state index < -0.39 is 0 Å². The number of nitrogens with one attached hydrogen (secondary N) is 1. The molecule has 0 aliphatic carbocycles. The number of rotatable bonds is 9. The van der Waals surface area contributed by atoms with Gasteiger partial charge >= 0.3 is 0 Å². The van der Waals surface area contributed by atoms with E-state index in [0.717, 1.165) is 28.0 Å². The lowest BCUT2D eigenvalue weighted by molar-refractivity contribution is -0.127. The third-order valence-corrected chi connectivity index (χ3v) is 6.00. The highest BCUT2D eigenvalue weighted by molar-refractivity contribution is 8.01. The summed E-state index contributed by atoms with van der Waals surface area (Å²) in [5.74, 6) is 0.467. The minimum Gasteiger partial charge on any atom is -0.360 e. The Morgan fingerprint density at radius 3 is 2.71 bits per heavy atom. The largest absolute Gasteiger partial charge is 0.360 e. The molecular weight excluding hydrogens is 360 g/mol. The normalized spacial score (nSPS) is 10.6. The number of aromatic nitrogens is 2. The molecule has 8 heteroatoms. The molecule has 0 atom stereocenters. The molecule has 0 aliphatic heterocycles. The number of anilines is 1. The Balaban J connectivity index is 1.79. The van der Waals surface area contributed by atoms with E-state index in [1.165, 1.54) is 28.0 Å². The number of carbonyl (C=O) groups is 1. The zero-order valence-electron chi connectivity index (χ0n) is 14.1. The highest BCUT2D eigenvalue weighted by Gasteiger charge is 2.12. The van der Waals surface area contributed by atoms with Crippen LogP contribution in [0.2, 0.25) is 0 Å². The number of hydrogen-bond donors (Lipinski definition) is 1. The maximum atomic E-state index is 12.3. The van der Waals surface area contributed by atoms with Crippen molar-refractivity contribution in [3.05, 3.63) is 29.8 Å². The second kappa shape index (κ2) is 9.90. The van der Waals surface area contributed by atoms with Crippen molar-refractivity contribution in [2.24, 2.45) is 0 Å². The number of amides is 1. The van der Waals surface area contributed by atoms with Gasteiger partial charge in [-0.1, -0.05) is 42.2 Å². The molecule has 5 nitrogen and oxygen atoms in total. The number of nitrogens with zero attached hydrogens (tertiary/aromatic N) is 3. The smallest absolute Gasteiger partial charge is 0.233 e. The molecule has 24 heavy (non-hydrogen) atoms. The molecule has 0 bridgehead atoms. The van der Waals surface area contributed by atoms with Gasteiger partial charge in [0.2, 0.25) is 11.0 Å². The summed E-state index contributed by atoms with van der Waals surface area (Å²) < 4.78 is 0.819. The van der Waals surface area contributed by atoms with Crippen LogP contribution in [0.1, 0.15) is 18.9 Å². The van der Waals surface area contributed by atoms with E-state index in [2.05, 4.69) is 53.0 Å². The number of thioether (sulfide) groups is 2. The van der Waals surface area contributed by atoms with Crippen molar-refractivity contribution in [2.75, 3.05) is 30.9 Å². The summed E-state index contributed by atoms with van der Waals surface area (Å²) in [6.07, 6.45) is 3.10. The standard InChI is InChI=1S/C16H22N4OS3/c1-4-9-17-15-18-19-16(24-15)23-11-14(21)20(2)10-12-5-7-13(22-3)8-6-12/h5-8H,4,9-11H2,1-3H3,(H,17,18). The van der Waals surface area contributed by atoms with Gasteiger partial charge in [-0.3, -0.25) is 4.79 Å². The molecule has 130 valence electrons. The Labute approximate surface area is 155 Å². The van der Waals surface area contributed by atoms with E-state index in [-0.39, 0.29) is 5.91 Å². The quantitative estimate of drug-likeness (QED) is 0.665. The van der Waals surface area contributed by atoms with Crippen LogP contribution in [0, 0.1) is 0 Å². The fourth-order valence-electron chi connectivity index (χ4n) is 1.90. The average molecular weight is 383 g/mol. The number of hydrogen-bond acceptors (Lipinski definition) is 7. The Kier molecular flexibility index (Phi) is 7.87. The van der Waals surface area contributed by atoms with E-state index in [9.17, 15) is 4.79 Å². The maximum Gasteiger partial charge on any atom is 0.233 e. The Morgan fingerprint density at radius 2 is 2.04 bits per heavy atom. The van der Waals surface area contributed by atoms with Crippen LogP contribution in [0.4, 0.5) is 5.13 Å². The minimum atomic E-state index is 0.0900. The lowest BCUT2D eigenvalue weighted by Crippen LogP contribution is -2.27. The first-order valence-corrected chi connectivity index (χ1v) is 10.7. The first kappa shape index (κ1) is 19.1. The van der Waals surface area contributed by atoms with Gasteiger partial charge in [0.05, 0.1) is 5.75 Å². The molecular formula is C16H22N4OS3. The number of carbonyl (C=O) groups excluding carboxylic acids is 1. The Hall–Kier alpha value is -1.25. The summed E-state index contributed by atoms with van der Waals surface area (Å²) in [6.45, 7) is 3.61. The molecule has 1 aromatic carbocycles. The van der Waals surface area contributed by atoms with E-state index in [4.69, 9.17) is 0 Å². The van der Waals surface area contributed by atoms with Crippen molar-refractivity contribution in [1.82, 2.24) is 15.1 Å². The van der Waals surface area contributed by atoms with Crippen molar-refractivity contribution in [3.63, 3.8) is 0 Å². The molecule has 0 unspecified atom stereocenters. The van der Waals surface area contributed by atoms with Gasteiger partial charge in [-0.05, 0) is 30.4 Å². The predicted molar refractivity (Wildman–Crippen MR) is 104 cm³/mol. The molecule has 1 N–H and O–H groups in total. The number of benzene rings is 1. The molecule has 0 saturated carbocycles. The van der Waals surface area contributed by atoms with Crippen molar-refractivity contribution < 1.29 is 4.79 Å². The molecule has 0 fully saturated rings. The van der Waals surface area contributed by atoms with E-state index in [0.29, 0.717) is 12.3 Å². The molecule has 0 radical (unpaired) electrons. The second-order valence-electron chi connectivity index (χ2n) is 5.19. The average Bonchev–Trinajstić information content (AvgIpc) is 3.06. The van der Waals surface area contributed by atoms with Gasteiger partial charge in [0.15, 0.2) is 4.34 Å². The fraction of sp³-hybridized carbons (Fsp3) is 0.438. The Bertz CT molecular complexity index is 645. The predicted octanol–water partition coefficient (Wildman–Crippen LogP) is 3.83. The lowest BCUT2D eigenvalue weighted by atomic mass is 10.2. The van der Waals surface area contributed by atoms with Crippen LogP contribution < -0.4 is 5.32 Å². The molecule has 1 amide bonds. The third-order valence-electron chi connectivity index (χ3n) is 3.26. The summed E-state index contributed by atoms with van der Waals surface area (Å²) in [7, 11) is 1.83. The summed E-state index contributed by atoms with van der Waals surface area (Å²) in [6, 6.07) is 8.30. The van der Waals surface area contributed by atoms with Crippen molar-refractivity contribution in [3.8, 4) is 0 Å². The monoisotopic (exact) mass is 382 g/mol. The second-order valence-corrected chi connectivity index (χ2v) is 8.27. The fourth-order valence-corrected chi connectivity index (χ4v) is 4.02. The van der Waals surface area contributed by atoms with Gasteiger partial charge in [-0.25, -0.2) is 0 Å². The molecule has 2 rings (SSSR count). The van der Waals surface area contributed by atoms with E-state index in [1.54, 1.807) is 16.7 Å². The van der Waals surface area contributed by atoms with Crippen LogP contribution in [0.25, 0.3) is 0 Å². The zero-order valence-corrected chi connectivity index (χ0v) is 16.6. The van der Waals surface area contributed by atoms with Gasteiger partial charge in [0.1, 0.15) is 0 Å². The van der Waals surface area contributed by atoms with Gasteiger partial charge in [-0.15, -0.1) is 22.0 Å². The molecule has 1 aromatic heterocycles.